The molecule has 1 saturated carbocycles. The fourth-order valence-corrected chi connectivity index (χ4v) is 2.81. The van der Waals surface area contributed by atoms with Gasteiger partial charge >= 0.3 is 0 Å². The summed E-state index contributed by atoms with van der Waals surface area (Å²) >= 11 is 0. The molecule has 2 aromatic rings. The number of furan rings is 1. The Morgan fingerprint density at radius 1 is 1.24 bits per heavy atom. The minimum Gasteiger partial charge on any atom is -0.469 e. The molecule has 3 heteroatoms. The molecule has 1 fully saturated rings. The molecule has 1 aliphatic rings. The maximum Gasteiger partial charge on any atom is 0.123 e. The van der Waals surface area contributed by atoms with Crippen molar-refractivity contribution in [2.24, 2.45) is 5.92 Å². The van der Waals surface area contributed by atoms with Crippen LogP contribution in [0, 0.1) is 11.7 Å². The Morgan fingerprint density at radius 2 is 2.00 bits per heavy atom. The highest BCUT2D eigenvalue weighted by atomic mass is 19.1. The van der Waals surface area contributed by atoms with E-state index in [0.717, 1.165) is 18.6 Å². The Labute approximate surface area is 125 Å². The smallest absolute Gasteiger partial charge is 0.123 e. The second kappa shape index (κ2) is 6.44. The number of nitrogens with one attached hydrogen (secondary N) is 1. The summed E-state index contributed by atoms with van der Waals surface area (Å²) in [6.45, 7) is 2.21. The van der Waals surface area contributed by atoms with Gasteiger partial charge in [0, 0.05) is 18.5 Å². The Morgan fingerprint density at radius 3 is 2.62 bits per heavy atom. The first kappa shape index (κ1) is 14.3. The van der Waals surface area contributed by atoms with Crippen LogP contribution in [0.3, 0.4) is 0 Å². The maximum absolute atomic E-state index is 13.1. The molecule has 0 radical (unpaired) electrons. The van der Waals surface area contributed by atoms with E-state index in [9.17, 15) is 4.39 Å². The highest BCUT2D eigenvalue weighted by Gasteiger charge is 2.32. The van der Waals surface area contributed by atoms with Crippen molar-refractivity contribution in [2.45, 2.75) is 44.7 Å². The molecule has 3 rings (SSSR count). The first-order valence-electron chi connectivity index (χ1n) is 7.76. The van der Waals surface area contributed by atoms with Crippen molar-refractivity contribution in [3.05, 3.63) is 59.8 Å². The normalized spacial score (nSPS) is 17.6. The monoisotopic (exact) mass is 287 g/mol. The van der Waals surface area contributed by atoms with Gasteiger partial charge in [0.1, 0.15) is 11.6 Å². The van der Waals surface area contributed by atoms with Gasteiger partial charge in [-0.05, 0) is 61.9 Å². The summed E-state index contributed by atoms with van der Waals surface area (Å²) in [5.74, 6) is 1.56. The van der Waals surface area contributed by atoms with Crippen LogP contribution in [-0.2, 0) is 6.42 Å². The van der Waals surface area contributed by atoms with E-state index >= 15 is 0 Å². The summed E-state index contributed by atoms with van der Waals surface area (Å²) in [6, 6.07) is 11.6. The minimum atomic E-state index is -0.167. The lowest BCUT2D eigenvalue weighted by atomic mass is 10.0. The predicted octanol–water partition coefficient (Wildman–Crippen LogP) is 4.48. The van der Waals surface area contributed by atoms with E-state index in [-0.39, 0.29) is 5.82 Å². The molecule has 2 unspecified atom stereocenters. The largest absolute Gasteiger partial charge is 0.469 e. The van der Waals surface area contributed by atoms with E-state index < -0.39 is 0 Å². The van der Waals surface area contributed by atoms with Crippen LogP contribution in [-0.4, -0.2) is 6.04 Å². The predicted molar refractivity (Wildman–Crippen MR) is 81.5 cm³/mol. The molecule has 2 nitrogen and oxygen atoms in total. The Kier molecular flexibility index (Phi) is 4.39. The molecular formula is C18H22FNO. The molecule has 1 aromatic carbocycles. The lowest BCUT2D eigenvalue weighted by Crippen LogP contribution is -2.32. The van der Waals surface area contributed by atoms with Crippen molar-refractivity contribution in [2.75, 3.05) is 0 Å². The number of hydrogen-bond donors (Lipinski definition) is 1. The zero-order chi connectivity index (χ0) is 14.7. The van der Waals surface area contributed by atoms with Gasteiger partial charge < -0.3 is 9.73 Å². The molecule has 0 bridgehead atoms. The third-order valence-electron chi connectivity index (χ3n) is 4.19. The van der Waals surface area contributed by atoms with Crippen LogP contribution in [0.4, 0.5) is 4.39 Å². The van der Waals surface area contributed by atoms with Crippen LogP contribution in [0.5, 0.6) is 0 Å². The zero-order valence-electron chi connectivity index (χ0n) is 12.4. The van der Waals surface area contributed by atoms with Crippen LogP contribution in [0.25, 0.3) is 0 Å². The van der Waals surface area contributed by atoms with Crippen molar-refractivity contribution < 1.29 is 8.81 Å². The van der Waals surface area contributed by atoms with E-state index in [1.54, 1.807) is 18.4 Å². The highest BCUT2D eigenvalue weighted by Crippen LogP contribution is 2.41. The van der Waals surface area contributed by atoms with Crippen LogP contribution < -0.4 is 5.32 Å². The first-order valence-corrected chi connectivity index (χ1v) is 7.76. The van der Waals surface area contributed by atoms with Crippen molar-refractivity contribution in [3.63, 3.8) is 0 Å². The van der Waals surface area contributed by atoms with Crippen molar-refractivity contribution in [3.8, 4) is 0 Å². The molecule has 1 N–H and O–H groups in total. The molecular weight excluding hydrogens is 265 g/mol. The molecule has 21 heavy (non-hydrogen) atoms. The molecule has 0 amide bonds. The second-order valence-corrected chi connectivity index (χ2v) is 6.05. The van der Waals surface area contributed by atoms with Gasteiger partial charge in [0.15, 0.2) is 0 Å². The van der Waals surface area contributed by atoms with Gasteiger partial charge in [-0.3, -0.25) is 0 Å². The number of rotatable bonds is 7. The van der Waals surface area contributed by atoms with Gasteiger partial charge in [-0.25, -0.2) is 4.39 Å². The zero-order valence-corrected chi connectivity index (χ0v) is 12.4. The summed E-state index contributed by atoms with van der Waals surface area (Å²) in [5.41, 5.74) is 1.20. The van der Waals surface area contributed by atoms with Crippen molar-refractivity contribution >= 4 is 0 Å². The summed E-state index contributed by atoms with van der Waals surface area (Å²) in [5, 5.41) is 3.71. The average Bonchev–Trinajstić information content (AvgIpc) is 3.19. The summed E-state index contributed by atoms with van der Waals surface area (Å²) in [7, 11) is 0. The maximum atomic E-state index is 13.1. The molecule has 1 aliphatic carbocycles. The molecule has 1 aromatic heterocycles. The van der Waals surface area contributed by atoms with Crippen molar-refractivity contribution in [1.29, 1.82) is 0 Å². The van der Waals surface area contributed by atoms with E-state index in [1.807, 2.05) is 24.3 Å². The second-order valence-electron chi connectivity index (χ2n) is 6.05. The molecule has 0 spiro atoms. The van der Waals surface area contributed by atoms with Crippen LogP contribution in [0.2, 0.25) is 0 Å². The first-order chi connectivity index (χ1) is 10.2. The summed E-state index contributed by atoms with van der Waals surface area (Å²) in [6.07, 6.45) is 6.23. The fraction of sp³-hybridized carbons (Fsp3) is 0.444. The Balaban J connectivity index is 1.58. The third kappa shape index (κ3) is 3.94. The number of halogens is 1. The molecule has 0 saturated heterocycles. The summed E-state index contributed by atoms with van der Waals surface area (Å²) in [4.78, 5) is 0. The van der Waals surface area contributed by atoms with E-state index in [0.29, 0.717) is 18.0 Å². The van der Waals surface area contributed by atoms with Gasteiger partial charge in [0.25, 0.3) is 0 Å². The van der Waals surface area contributed by atoms with Gasteiger partial charge in [-0.1, -0.05) is 12.1 Å². The Bertz CT molecular complexity index is 545. The Hall–Kier alpha value is -1.61. The molecule has 1 heterocycles. The lowest BCUT2D eigenvalue weighted by molar-refractivity contribution is 0.392. The molecule has 112 valence electrons. The highest BCUT2D eigenvalue weighted by molar-refractivity contribution is 5.22. The van der Waals surface area contributed by atoms with E-state index in [2.05, 4.69) is 12.2 Å². The van der Waals surface area contributed by atoms with E-state index in [1.165, 1.54) is 18.4 Å². The topological polar surface area (TPSA) is 25.2 Å². The van der Waals surface area contributed by atoms with Crippen molar-refractivity contribution in [1.82, 2.24) is 5.32 Å². The molecule has 2 atom stereocenters. The SMILES string of the molecule is CC(CCc1ccco1)NC(c1ccc(F)cc1)C1CC1. The van der Waals surface area contributed by atoms with Gasteiger partial charge in [0.2, 0.25) is 0 Å². The quantitative estimate of drug-likeness (QED) is 0.812. The van der Waals surface area contributed by atoms with Gasteiger partial charge in [-0.15, -0.1) is 0 Å². The number of aryl methyl sites for hydroxylation is 1. The van der Waals surface area contributed by atoms with Crippen LogP contribution >= 0.6 is 0 Å². The molecule has 0 aliphatic heterocycles. The number of hydrogen-bond acceptors (Lipinski definition) is 2. The fourth-order valence-electron chi connectivity index (χ4n) is 2.81. The van der Waals surface area contributed by atoms with Gasteiger partial charge in [0.05, 0.1) is 6.26 Å². The average molecular weight is 287 g/mol. The summed E-state index contributed by atoms with van der Waals surface area (Å²) < 4.78 is 18.5. The standard InChI is InChI=1S/C18H22FNO/c1-13(4-11-17-3-2-12-21-17)20-18(14-5-6-14)15-7-9-16(19)10-8-15/h2-3,7-10,12-14,18,20H,4-6,11H2,1H3. The van der Waals surface area contributed by atoms with Gasteiger partial charge in [-0.2, -0.15) is 0 Å². The number of benzene rings is 1. The van der Waals surface area contributed by atoms with Crippen LogP contribution in [0.1, 0.15) is 43.6 Å². The third-order valence-corrected chi connectivity index (χ3v) is 4.19. The minimum absolute atomic E-state index is 0.167. The lowest BCUT2D eigenvalue weighted by Gasteiger charge is -2.23. The van der Waals surface area contributed by atoms with Crippen LogP contribution in [0.15, 0.2) is 47.1 Å². The van der Waals surface area contributed by atoms with E-state index in [4.69, 9.17) is 4.42 Å².